The van der Waals surface area contributed by atoms with Gasteiger partial charge in [0.05, 0.1) is 45.5 Å². The maximum absolute atomic E-state index is 13.6. The second-order valence-electron chi connectivity index (χ2n) is 8.69. The van der Waals surface area contributed by atoms with E-state index in [4.69, 9.17) is 14.2 Å². The number of amides is 2. The molecule has 0 radical (unpaired) electrons. The Balaban J connectivity index is 1.59. The molecular weight excluding hydrogens is 444 g/mol. The van der Waals surface area contributed by atoms with Crippen molar-refractivity contribution in [1.29, 1.82) is 0 Å². The second-order valence-corrected chi connectivity index (χ2v) is 8.69. The van der Waals surface area contributed by atoms with Crippen LogP contribution in [0.25, 0.3) is 0 Å². The van der Waals surface area contributed by atoms with E-state index >= 15 is 0 Å². The summed E-state index contributed by atoms with van der Waals surface area (Å²) in [6.07, 6.45) is 0.870. The fraction of sp³-hybridized carbons (Fsp3) is 0.286. The van der Waals surface area contributed by atoms with Gasteiger partial charge in [-0.2, -0.15) is 0 Å². The van der Waals surface area contributed by atoms with Crippen LogP contribution in [0.2, 0.25) is 0 Å². The van der Waals surface area contributed by atoms with Gasteiger partial charge in [0, 0.05) is 6.54 Å². The van der Waals surface area contributed by atoms with Crippen LogP contribution in [0.4, 0.5) is 5.69 Å². The molecule has 5 rings (SSSR count). The number of ether oxygens (including phenoxy) is 3. The molecule has 0 N–H and O–H groups in total. The van der Waals surface area contributed by atoms with Crippen LogP contribution < -0.4 is 19.1 Å². The molecule has 35 heavy (non-hydrogen) atoms. The van der Waals surface area contributed by atoms with E-state index in [9.17, 15) is 9.59 Å². The minimum Gasteiger partial charge on any atom is -0.497 e. The van der Waals surface area contributed by atoms with Crippen LogP contribution >= 0.6 is 0 Å². The maximum atomic E-state index is 13.6. The molecule has 2 aliphatic rings. The number of anilines is 1. The number of carbonyl (C=O) groups is 2. The molecule has 3 aromatic rings. The third-order valence-corrected chi connectivity index (χ3v) is 6.88. The number of carbonyl (C=O) groups excluding carboxylic acids is 2. The molecule has 3 aromatic carbocycles. The van der Waals surface area contributed by atoms with E-state index in [0.29, 0.717) is 23.7 Å². The smallest absolute Gasteiger partial charge is 0.251 e. The van der Waals surface area contributed by atoms with Crippen LogP contribution in [-0.2, 0) is 16.0 Å². The normalized spacial score (nSPS) is 20.0. The first-order chi connectivity index (χ1) is 17.0. The molecule has 0 unspecified atom stereocenters. The fourth-order valence-corrected chi connectivity index (χ4v) is 5.18. The first-order valence-corrected chi connectivity index (χ1v) is 11.6. The first-order valence-electron chi connectivity index (χ1n) is 11.6. The zero-order valence-electron chi connectivity index (χ0n) is 20.1. The lowest BCUT2D eigenvalue weighted by atomic mass is 9.86. The van der Waals surface area contributed by atoms with Crippen molar-refractivity contribution in [2.75, 3.05) is 32.8 Å². The van der Waals surface area contributed by atoms with Gasteiger partial charge in [-0.1, -0.05) is 30.3 Å². The lowest BCUT2D eigenvalue weighted by Gasteiger charge is -2.40. The highest BCUT2D eigenvalue weighted by atomic mass is 16.5. The molecule has 7 nitrogen and oxygen atoms in total. The number of para-hydroxylation sites is 1. The van der Waals surface area contributed by atoms with Crippen molar-refractivity contribution >= 4 is 17.5 Å². The summed E-state index contributed by atoms with van der Waals surface area (Å²) in [4.78, 5) is 30.1. The monoisotopic (exact) mass is 472 g/mol. The first kappa shape index (κ1) is 22.9. The Morgan fingerprint density at radius 3 is 2.17 bits per heavy atom. The van der Waals surface area contributed by atoms with E-state index in [-0.39, 0.29) is 24.3 Å². The lowest BCUT2D eigenvalue weighted by molar-refractivity contribution is -0.123. The SMILES string of the molecule is COc1ccc([C@@H]2c3cc(OC)c(OC)cc3CCN2[C@@H]2CC(=O)N(c3ccccc3)C2=O)cc1. The Morgan fingerprint density at radius 2 is 1.51 bits per heavy atom. The van der Waals surface area contributed by atoms with Crippen molar-refractivity contribution < 1.29 is 23.8 Å². The van der Waals surface area contributed by atoms with Gasteiger partial charge in [0.25, 0.3) is 5.91 Å². The second kappa shape index (κ2) is 9.43. The van der Waals surface area contributed by atoms with Gasteiger partial charge in [-0.05, 0) is 59.5 Å². The van der Waals surface area contributed by atoms with Crippen molar-refractivity contribution in [3.8, 4) is 17.2 Å². The molecule has 2 atom stereocenters. The van der Waals surface area contributed by atoms with E-state index in [2.05, 4.69) is 4.90 Å². The minimum atomic E-state index is -0.559. The quantitative estimate of drug-likeness (QED) is 0.506. The molecule has 1 fully saturated rings. The van der Waals surface area contributed by atoms with Crippen LogP contribution in [-0.4, -0.2) is 50.6 Å². The van der Waals surface area contributed by atoms with E-state index < -0.39 is 6.04 Å². The molecule has 0 saturated carbocycles. The molecular formula is C28H28N2O5. The zero-order chi connectivity index (χ0) is 24.5. The number of rotatable bonds is 6. The number of hydrogen-bond donors (Lipinski definition) is 0. The third kappa shape index (κ3) is 4.02. The Morgan fingerprint density at radius 1 is 0.829 bits per heavy atom. The van der Waals surface area contributed by atoms with Crippen molar-refractivity contribution in [3.63, 3.8) is 0 Å². The van der Waals surface area contributed by atoms with Gasteiger partial charge in [-0.15, -0.1) is 0 Å². The van der Waals surface area contributed by atoms with Crippen molar-refractivity contribution in [2.24, 2.45) is 0 Å². The van der Waals surface area contributed by atoms with Gasteiger partial charge in [0.15, 0.2) is 11.5 Å². The summed E-state index contributed by atoms with van der Waals surface area (Å²) in [6.45, 7) is 0.630. The zero-order valence-corrected chi connectivity index (χ0v) is 20.1. The summed E-state index contributed by atoms with van der Waals surface area (Å²) in [5, 5.41) is 0. The summed E-state index contributed by atoms with van der Waals surface area (Å²) in [5.74, 6) is 1.69. The summed E-state index contributed by atoms with van der Waals surface area (Å²) in [5.41, 5.74) is 3.79. The molecule has 1 saturated heterocycles. The molecule has 0 spiro atoms. The summed E-state index contributed by atoms with van der Waals surface area (Å²) in [7, 11) is 4.88. The standard InChI is InChI=1S/C28H28N2O5/c1-33-21-11-9-18(10-12-21)27-22-16-25(35-3)24(34-2)15-19(22)13-14-29(27)23-17-26(31)30(28(23)32)20-7-5-4-6-8-20/h4-12,15-16,23,27H,13-14,17H2,1-3H3/t23-,27-/m1/s1. The summed E-state index contributed by atoms with van der Waals surface area (Å²) in [6, 6.07) is 20.2. The Kier molecular flexibility index (Phi) is 6.17. The van der Waals surface area contributed by atoms with Gasteiger partial charge in [-0.3, -0.25) is 14.5 Å². The minimum absolute atomic E-state index is 0.142. The average molecular weight is 473 g/mol. The van der Waals surface area contributed by atoms with E-state index in [1.807, 2.05) is 54.6 Å². The van der Waals surface area contributed by atoms with E-state index in [0.717, 1.165) is 28.9 Å². The fourth-order valence-electron chi connectivity index (χ4n) is 5.18. The highest BCUT2D eigenvalue weighted by Gasteiger charge is 2.46. The van der Waals surface area contributed by atoms with Crippen LogP contribution in [0, 0.1) is 0 Å². The molecule has 0 aliphatic carbocycles. The highest BCUT2D eigenvalue weighted by molar-refractivity contribution is 6.22. The Labute approximate surface area is 204 Å². The predicted octanol–water partition coefficient (Wildman–Crippen LogP) is 3.99. The number of methoxy groups -OCH3 is 3. The van der Waals surface area contributed by atoms with Crippen LogP contribution in [0.3, 0.4) is 0 Å². The van der Waals surface area contributed by atoms with Crippen LogP contribution in [0.15, 0.2) is 66.7 Å². The Hall–Kier alpha value is -3.84. The van der Waals surface area contributed by atoms with Crippen LogP contribution in [0.1, 0.15) is 29.2 Å². The average Bonchev–Trinajstić information content (AvgIpc) is 3.20. The number of fused-ring (bicyclic) bond motifs is 1. The number of benzene rings is 3. The lowest BCUT2D eigenvalue weighted by Crippen LogP contribution is -2.47. The largest absolute Gasteiger partial charge is 0.497 e. The van der Waals surface area contributed by atoms with Crippen molar-refractivity contribution in [3.05, 3.63) is 83.4 Å². The molecule has 180 valence electrons. The van der Waals surface area contributed by atoms with Gasteiger partial charge >= 0.3 is 0 Å². The molecule has 2 aliphatic heterocycles. The Bertz CT molecular complexity index is 1240. The highest BCUT2D eigenvalue weighted by Crippen LogP contribution is 2.43. The molecule has 7 heteroatoms. The number of hydrogen-bond acceptors (Lipinski definition) is 6. The van der Waals surface area contributed by atoms with E-state index in [1.165, 1.54) is 4.90 Å². The van der Waals surface area contributed by atoms with Gasteiger partial charge in [-0.25, -0.2) is 4.90 Å². The number of nitrogens with zero attached hydrogens (tertiary/aromatic N) is 2. The summed E-state index contributed by atoms with van der Waals surface area (Å²) >= 11 is 0. The molecule has 2 amide bonds. The van der Waals surface area contributed by atoms with Gasteiger partial charge in [0.2, 0.25) is 5.91 Å². The molecule has 2 heterocycles. The topological polar surface area (TPSA) is 68.3 Å². The number of imide groups is 1. The van der Waals surface area contributed by atoms with Crippen molar-refractivity contribution in [2.45, 2.75) is 24.9 Å². The third-order valence-electron chi connectivity index (χ3n) is 6.88. The van der Waals surface area contributed by atoms with Gasteiger partial charge < -0.3 is 14.2 Å². The maximum Gasteiger partial charge on any atom is 0.251 e. The molecule has 0 bridgehead atoms. The van der Waals surface area contributed by atoms with Crippen molar-refractivity contribution in [1.82, 2.24) is 4.90 Å². The predicted molar refractivity (Wildman–Crippen MR) is 132 cm³/mol. The summed E-state index contributed by atoms with van der Waals surface area (Å²) < 4.78 is 16.5. The van der Waals surface area contributed by atoms with Gasteiger partial charge in [0.1, 0.15) is 5.75 Å². The van der Waals surface area contributed by atoms with E-state index in [1.54, 1.807) is 33.5 Å². The molecule has 0 aromatic heterocycles. The van der Waals surface area contributed by atoms with Crippen LogP contribution in [0.5, 0.6) is 17.2 Å².